The Morgan fingerprint density at radius 2 is 1.62 bits per heavy atom. The van der Waals surface area contributed by atoms with E-state index in [1.807, 2.05) is 6.92 Å². The van der Waals surface area contributed by atoms with E-state index in [0.717, 1.165) is 11.1 Å². The van der Waals surface area contributed by atoms with Gasteiger partial charge in [0.05, 0.1) is 33.8 Å². The van der Waals surface area contributed by atoms with E-state index in [9.17, 15) is 18.0 Å². The number of rotatable bonds is 6. The summed E-state index contributed by atoms with van der Waals surface area (Å²) in [6.45, 7) is 3.64. The molecule has 0 radical (unpaired) electrons. The summed E-state index contributed by atoms with van der Waals surface area (Å²) in [5.74, 6) is -1.03. The Hall–Kier alpha value is -3.36. The maximum atomic E-state index is 12.7. The van der Waals surface area contributed by atoms with Gasteiger partial charge in [-0.05, 0) is 61.9 Å². The molecule has 0 heterocycles. The third-order valence-corrected chi connectivity index (χ3v) is 6.41. The van der Waals surface area contributed by atoms with E-state index in [0.29, 0.717) is 11.3 Å². The Balaban J connectivity index is 1.80. The lowest BCUT2D eigenvalue weighted by Gasteiger charge is -2.13. The second-order valence-electron chi connectivity index (χ2n) is 7.09. The Morgan fingerprint density at radius 1 is 0.938 bits per heavy atom. The molecule has 0 saturated carbocycles. The second-order valence-corrected chi connectivity index (χ2v) is 9.18. The van der Waals surface area contributed by atoms with Gasteiger partial charge in [0, 0.05) is 5.69 Å². The van der Waals surface area contributed by atoms with Crippen molar-refractivity contribution in [2.75, 3.05) is 17.1 Å². The second kappa shape index (κ2) is 9.42. The first kappa shape index (κ1) is 23.3. The summed E-state index contributed by atoms with van der Waals surface area (Å²) < 4.78 is 32.3. The lowest BCUT2D eigenvalue weighted by Crippen LogP contribution is -2.15. The SMILES string of the molecule is COC(=O)c1ccc(C)c(NC(=O)c2ccc(NS(=O)(=O)c3ccc(C)cc3)cc2Cl)c1. The molecular weight excluding hydrogens is 452 g/mol. The molecule has 0 spiro atoms. The van der Waals surface area contributed by atoms with Gasteiger partial charge in [0.25, 0.3) is 15.9 Å². The molecule has 0 aliphatic heterocycles. The van der Waals surface area contributed by atoms with Crippen molar-refractivity contribution in [2.24, 2.45) is 0 Å². The van der Waals surface area contributed by atoms with E-state index in [1.165, 1.54) is 43.5 Å². The number of hydrogen-bond acceptors (Lipinski definition) is 5. The monoisotopic (exact) mass is 472 g/mol. The molecule has 3 rings (SSSR count). The molecular formula is C23H21ClN2O5S. The smallest absolute Gasteiger partial charge is 0.337 e. The fourth-order valence-electron chi connectivity index (χ4n) is 2.89. The Kier molecular flexibility index (Phi) is 6.86. The van der Waals surface area contributed by atoms with Gasteiger partial charge in [-0.2, -0.15) is 0 Å². The number of esters is 1. The van der Waals surface area contributed by atoms with Gasteiger partial charge in [0.1, 0.15) is 0 Å². The normalized spacial score (nSPS) is 11.0. The van der Waals surface area contributed by atoms with Crippen molar-refractivity contribution >= 4 is 44.9 Å². The van der Waals surface area contributed by atoms with Crippen LogP contribution in [-0.2, 0) is 14.8 Å². The van der Waals surface area contributed by atoms with Crippen molar-refractivity contribution in [1.29, 1.82) is 0 Å². The Bertz CT molecular complexity index is 1290. The zero-order chi connectivity index (χ0) is 23.5. The van der Waals surface area contributed by atoms with Crippen LogP contribution in [0.1, 0.15) is 31.8 Å². The highest BCUT2D eigenvalue weighted by Gasteiger charge is 2.17. The number of nitrogens with one attached hydrogen (secondary N) is 2. The molecule has 0 saturated heterocycles. The van der Waals surface area contributed by atoms with E-state index in [4.69, 9.17) is 16.3 Å². The quantitative estimate of drug-likeness (QED) is 0.502. The minimum absolute atomic E-state index is 0.0633. The summed E-state index contributed by atoms with van der Waals surface area (Å²) in [5.41, 5.74) is 2.77. The molecule has 0 aromatic heterocycles. The van der Waals surface area contributed by atoms with Crippen LogP contribution < -0.4 is 10.0 Å². The molecule has 2 N–H and O–H groups in total. The van der Waals surface area contributed by atoms with Crippen LogP contribution in [0.25, 0.3) is 0 Å². The van der Waals surface area contributed by atoms with E-state index in [-0.39, 0.29) is 21.2 Å². The first-order valence-electron chi connectivity index (χ1n) is 9.50. The molecule has 3 aromatic rings. The van der Waals surface area contributed by atoms with Crippen LogP contribution >= 0.6 is 11.6 Å². The van der Waals surface area contributed by atoms with Gasteiger partial charge in [-0.15, -0.1) is 0 Å². The lowest BCUT2D eigenvalue weighted by molar-refractivity contribution is 0.0600. The van der Waals surface area contributed by atoms with E-state index >= 15 is 0 Å². The maximum absolute atomic E-state index is 12.7. The number of sulfonamides is 1. The molecule has 3 aromatic carbocycles. The summed E-state index contributed by atoms with van der Waals surface area (Å²) in [7, 11) is -2.53. The van der Waals surface area contributed by atoms with E-state index in [2.05, 4.69) is 10.0 Å². The molecule has 9 heteroatoms. The molecule has 0 fully saturated rings. The highest BCUT2D eigenvalue weighted by molar-refractivity contribution is 7.92. The van der Waals surface area contributed by atoms with Crippen molar-refractivity contribution in [3.05, 3.63) is 87.9 Å². The minimum Gasteiger partial charge on any atom is -0.465 e. The van der Waals surface area contributed by atoms with Gasteiger partial charge in [-0.3, -0.25) is 9.52 Å². The highest BCUT2D eigenvalue weighted by Crippen LogP contribution is 2.25. The summed E-state index contributed by atoms with van der Waals surface area (Å²) in [6.07, 6.45) is 0. The standard InChI is InChI=1S/C23H21ClN2O5S/c1-14-4-9-18(10-5-14)32(29,30)26-17-8-11-19(20(24)13-17)22(27)25-21-12-16(23(28)31-3)7-6-15(21)2/h4-13,26H,1-3H3,(H,25,27). The zero-order valence-corrected chi connectivity index (χ0v) is 19.2. The topological polar surface area (TPSA) is 102 Å². The first-order valence-corrected chi connectivity index (χ1v) is 11.4. The third kappa shape index (κ3) is 5.27. The number of anilines is 2. The van der Waals surface area contributed by atoms with Crippen LogP contribution in [0.2, 0.25) is 5.02 Å². The molecule has 0 aliphatic carbocycles. The number of amides is 1. The first-order chi connectivity index (χ1) is 15.1. The average Bonchev–Trinajstić information content (AvgIpc) is 2.74. The number of carbonyl (C=O) groups is 2. The minimum atomic E-state index is -3.80. The molecule has 32 heavy (non-hydrogen) atoms. The van der Waals surface area contributed by atoms with E-state index in [1.54, 1.807) is 31.2 Å². The third-order valence-electron chi connectivity index (χ3n) is 4.70. The number of aryl methyl sites for hydroxylation is 2. The highest BCUT2D eigenvalue weighted by atomic mass is 35.5. The fraction of sp³-hybridized carbons (Fsp3) is 0.130. The number of ether oxygens (including phenoxy) is 1. The number of carbonyl (C=O) groups excluding carboxylic acids is 2. The number of halogens is 1. The molecule has 166 valence electrons. The molecule has 7 nitrogen and oxygen atoms in total. The predicted octanol–water partition coefficient (Wildman–Crippen LogP) is 4.80. The number of benzene rings is 3. The van der Waals surface area contributed by atoms with Crippen LogP contribution in [0, 0.1) is 13.8 Å². The Labute approximate surface area is 191 Å². The summed E-state index contributed by atoms with van der Waals surface area (Å²) in [6, 6.07) is 15.4. The zero-order valence-electron chi connectivity index (χ0n) is 17.6. The summed E-state index contributed by atoms with van der Waals surface area (Å²) >= 11 is 6.26. The summed E-state index contributed by atoms with van der Waals surface area (Å²) in [5, 5.41) is 2.78. The van der Waals surface area contributed by atoms with Gasteiger partial charge < -0.3 is 10.1 Å². The van der Waals surface area contributed by atoms with Gasteiger partial charge in [-0.1, -0.05) is 35.4 Å². The average molecular weight is 473 g/mol. The van der Waals surface area contributed by atoms with Crippen molar-refractivity contribution < 1.29 is 22.7 Å². The van der Waals surface area contributed by atoms with Crippen LogP contribution in [0.3, 0.4) is 0 Å². The number of methoxy groups -OCH3 is 1. The number of hydrogen-bond donors (Lipinski definition) is 2. The van der Waals surface area contributed by atoms with Crippen molar-refractivity contribution in [3.63, 3.8) is 0 Å². The fourth-order valence-corrected chi connectivity index (χ4v) is 4.20. The lowest BCUT2D eigenvalue weighted by atomic mass is 10.1. The van der Waals surface area contributed by atoms with Crippen LogP contribution in [0.5, 0.6) is 0 Å². The predicted molar refractivity (Wildman–Crippen MR) is 124 cm³/mol. The molecule has 0 unspecified atom stereocenters. The van der Waals surface area contributed by atoms with Crippen molar-refractivity contribution in [3.8, 4) is 0 Å². The van der Waals surface area contributed by atoms with Crippen molar-refractivity contribution in [2.45, 2.75) is 18.7 Å². The van der Waals surface area contributed by atoms with Gasteiger partial charge >= 0.3 is 5.97 Å². The maximum Gasteiger partial charge on any atom is 0.337 e. The molecule has 1 amide bonds. The molecule has 0 bridgehead atoms. The van der Waals surface area contributed by atoms with Crippen LogP contribution in [0.15, 0.2) is 65.6 Å². The van der Waals surface area contributed by atoms with Gasteiger partial charge in [0.15, 0.2) is 0 Å². The van der Waals surface area contributed by atoms with Crippen LogP contribution in [-0.4, -0.2) is 27.4 Å². The summed E-state index contributed by atoms with van der Waals surface area (Å²) in [4.78, 5) is 24.6. The molecule has 0 aliphatic rings. The molecule has 0 atom stereocenters. The van der Waals surface area contributed by atoms with Gasteiger partial charge in [0.2, 0.25) is 0 Å². The largest absolute Gasteiger partial charge is 0.465 e. The van der Waals surface area contributed by atoms with E-state index < -0.39 is 21.9 Å². The van der Waals surface area contributed by atoms with Gasteiger partial charge in [-0.25, -0.2) is 13.2 Å². The van der Waals surface area contributed by atoms with Crippen LogP contribution in [0.4, 0.5) is 11.4 Å². The van der Waals surface area contributed by atoms with Crippen molar-refractivity contribution in [1.82, 2.24) is 0 Å². The Morgan fingerprint density at radius 3 is 2.25 bits per heavy atom.